The average Bonchev–Trinajstić information content (AvgIpc) is 3.22. The largest absolute Gasteiger partial charge is 0.465 e. The lowest BCUT2D eigenvalue weighted by molar-refractivity contribution is -0.141. The van der Waals surface area contributed by atoms with Crippen LogP contribution in [0.4, 0.5) is 4.39 Å². The molecule has 1 aromatic heterocycles. The molecule has 2 aromatic carbocycles. The van der Waals surface area contributed by atoms with Crippen LogP contribution in [0.1, 0.15) is 51.1 Å². The summed E-state index contributed by atoms with van der Waals surface area (Å²) in [4.78, 5) is 29.5. The minimum atomic E-state index is -1.04. The van der Waals surface area contributed by atoms with Crippen LogP contribution in [0.3, 0.4) is 0 Å². The molecule has 198 valence electrons. The number of nitrogens with one attached hydrogen (secondary N) is 2. The van der Waals surface area contributed by atoms with Gasteiger partial charge in [0.15, 0.2) is 0 Å². The molecule has 1 atom stereocenters. The fourth-order valence-electron chi connectivity index (χ4n) is 4.23. The standard InChI is InChI=1S/C28H35FN4O4/c1-5-24-25(16-30-26(34)22(14-18(3)4)27(35)32-36)33(28(31-24)37-6-2)17-21-13-12-20(15-23(21)29)19-10-8-7-9-11-19/h7-13,15,18,22,36H,5-6,14,16-17H2,1-4H3,(H,30,34)(H,32,35). The maximum Gasteiger partial charge on any atom is 0.297 e. The molecule has 0 saturated carbocycles. The first-order chi connectivity index (χ1) is 17.8. The van der Waals surface area contributed by atoms with Gasteiger partial charge in [-0.3, -0.25) is 19.4 Å². The molecule has 0 saturated heterocycles. The Morgan fingerprint density at radius 1 is 1.08 bits per heavy atom. The number of benzene rings is 2. The Bertz CT molecular complexity index is 1210. The van der Waals surface area contributed by atoms with Gasteiger partial charge in [0.1, 0.15) is 11.7 Å². The van der Waals surface area contributed by atoms with Gasteiger partial charge in [-0.15, -0.1) is 0 Å². The summed E-state index contributed by atoms with van der Waals surface area (Å²) in [6, 6.07) is 15.0. The monoisotopic (exact) mass is 510 g/mol. The van der Waals surface area contributed by atoms with Crippen molar-refractivity contribution in [1.29, 1.82) is 0 Å². The number of imidazole rings is 1. The second-order valence-corrected chi connectivity index (χ2v) is 9.21. The van der Waals surface area contributed by atoms with Gasteiger partial charge in [0.25, 0.3) is 11.9 Å². The molecule has 1 heterocycles. The topological polar surface area (TPSA) is 105 Å². The first kappa shape index (κ1) is 27.9. The third kappa shape index (κ3) is 6.95. The maximum atomic E-state index is 15.2. The third-order valence-corrected chi connectivity index (χ3v) is 6.10. The first-order valence-corrected chi connectivity index (χ1v) is 12.5. The van der Waals surface area contributed by atoms with Gasteiger partial charge < -0.3 is 10.1 Å². The Balaban J connectivity index is 1.90. The van der Waals surface area contributed by atoms with Gasteiger partial charge in [-0.1, -0.05) is 63.2 Å². The fourth-order valence-corrected chi connectivity index (χ4v) is 4.23. The molecule has 0 fully saturated rings. The van der Waals surface area contributed by atoms with E-state index in [0.29, 0.717) is 36.0 Å². The van der Waals surface area contributed by atoms with E-state index in [2.05, 4.69) is 10.3 Å². The molecule has 9 heteroatoms. The molecule has 1 unspecified atom stereocenters. The molecule has 0 aliphatic carbocycles. The van der Waals surface area contributed by atoms with Gasteiger partial charge in [0, 0.05) is 5.56 Å². The molecule has 0 aliphatic heterocycles. The summed E-state index contributed by atoms with van der Waals surface area (Å²) in [6.07, 6.45) is 0.849. The highest BCUT2D eigenvalue weighted by atomic mass is 19.1. The van der Waals surface area contributed by atoms with Crippen LogP contribution in [0.15, 0.2) is 48.5 Å². The van der Waals surface area contributed by atoms with E-state index in [9.17, 15) is 9.59 Å². The Labute approximate surface area is 216 Å². The number of aromatic nitrogens is 2. The second kappa shape index (κ2) is 13.0. The Hall–Kier alpha value is -3.72. The number of carbonyl (C=O) groups excluding carboxylic acids is 2. The van der Waals surface area contributed by atoms with E-state index in [1.807, 2.05) is 64.1 Å². The first-order valence-electron chi connectivity index (χ1n) is 12.5. The van der Waals surface area contributed by atoms with E-state index in [-0.39, 0.29) is 31.2 Å². The summed E-state index contributed by atoms with van der Waals surface area (Å²) in [5.74, 6) is -2.60. The fraction of sp³-hybridized carbons (Fsp3) is 0.393. The van der Waals surface area contributed by atoms with Gasteiger partial charge in [-0.2, -0.15) is 4.98 Å². The number of halogens is 1. The normalized spacial score (nSPS) is 11.9. The highest BCUT2D eigenvalue weighted by Crippen LogP contribution is 2.26. The summed E-state index contributed by atoms with van der Waals surface area (Å²) in [5, 5.41) is 11.9. The van der Waals surface area contributed by atoms with E-state index in [0.717, 1.165) is 11.1 Å². The number of aryl methyl sites for hydroxylation is 1. The number of hydrogen-bond donors (Lipinski definition) is 3. The zero-order valence-corrected chi connectivity index (χ0v) is 21.8. The summed E-state index contributed by atoms with van der Waals surface area (Å²) >= 11 is 0. The van der Waals surface area contributed by atoms with Crippen molar-refractivity contribution in [1.82, 2.24) is 20.3 Å². The number of carbonyl (C=O) groups is 2. The van der Waals surface area contributed by atoms with Crippen LogP contribution in [0.25, 0.3) is 11.1 Å². The van der Waals surface area contributed by atoms with E-state index in [1.165, 1.54) is 6.07 Å². The minimum Gasteiger partial charge on any atom is -0.465 e. The predicted molar refractivity (Wildman–Crippen MR) is 138 cm³/mol. The number of rotatable bonds is 12. The molecular weight excluding hydrogens is 475 g/mol. The molecule has 3 rings (SSSR count). The van der Waals surface area contributed by atoms with Crippen LogP contribution in [0.5, 0.6) is 6.01 Å². The number of nitrogens with zero attached hydrogens (tertiary/aromatic N) is 2. The van der Waals surface area contributed by atoms with Gasteiger partial charge in [0.05, 0.1) is 31.1 Å². The van der Waals surface area contributed by atoms with E-state index in [4.69, 9.17) is 9.94 Å². The van der Waals surface area contributed by atoms with Crippen LogP contribution in [-0.4, -0.2) is 33.2 Å². The molecule has 0 aliphatic rings. The number of hydrogen-bond acceptors (Lipinski definition) is 5. The summed E-state index contributed by atoms with van der Waals surface area (Å²) in [7, 11) is 0. The van der Waals surface area contributed by atoms with Crippen LogP contribution >= 0.6 is 0 Å². The van der Waals surface area contributed by atoms with Crippen LogP contribution in [0, 0.1) is 17.7 Å². The minimum absolute atomic E-state index is 0.0659. The SMILES string of the molecule is CCOc1nc(CC)c(CNC(=O)C(CC(C)C)C(=O)NO)n1Cc1ccc(-c2ccccc2)cc1F. The molecule has 0 spiro atoms. The molecule has 37 heavy (non-hydrogen) atoms. The third-order valence-electron chi connectivity index (χ3n) is 6.10. The lowest BCUT2D eigenvalue weighted by atomic mass is 9.95. The van der Waals surface area contributed by atoms with Gasteiger partial charge in [-0.25, -0.2) is 9.87 Å². The van der Waals surface area contributed by atoms with Crippen molar-refractivity contribution in [3.05, 3.63) is 71.3 Å². The Morgan fingerprint density at radius 2 is 1.81 bits per heavy atom. The Morgan fingerprint density at radius 3 is 2.41 bits per heavy atom. The van der Waals surface area contributed by atoms with Crippen LogP contribution in [-0.2, 0) is 29.1 Å². The van der Waals surface area contributed by atoms with Crippen molar-refractivity contribution in [3.8, 4) is 17.1 Å². The van der Waals surface area contributed by atoms with Gasteiger partial charge in [0.2, 0.25) is 5.91 Å². The van der Waals surface area contributed by atoms with Crippen molar-refractivity contribution >= 4 is 11.8 Å². The van der Waals surface area contributed by atoms with Crippen LogP contribution in [0.2, 0.25) is 0 Å². The number of ether oxygens (including phenoxy) is 1. The van der Waals surface area contributed by atoms with Gasteiger partial charge >= 0.3 is 0 Å². The zero-order chi connectivity index (χ0) is 26.9. The lowest BCUT2D eigenvalue weighted by Gasteiger charge is -2.18. The molecule has 0 bridgehead atoms. The Kier molecular flexibility index (Phi) is 9.79. The summed E-state index contributed by atoms with van der Waals surface area (Å²) in [6.45, 7) is 8.14. The maximum absolute atomic E-state index is 15.2. The van der Waals surface area contributed by atoms with Crippen molar-refractivity contribution < 1.29 is 23.9 Å². The molecule has 0 radical (unpaired) electrons. The summed E-state index contributed by atoms with van der Waals surface area (Å²) < 4.78 is 22.7. The lowest BCUT2D eigenvalue weighted by Crippen LogP contribution is -2.41. The van der Waals surface area contributed by atoms with Gasteiger partial charge in [-0.05, 0) is 42.9 Å². The number of hydroxylamine groups is 1. The van der Waals surface area contributed by atoms with E-state index in [1.54, 1.807) is 16.1 Å². The van der Waals surface area contributed by atoms with E-state index >= 15 is 4.39 Å². The van der Waals surface area contributed by atoms with Crippen molar-refractivity contribution in [2.75, 3.05) is 6.61 Å². The van der Waals surface area contributed by atoms with Crippen molar-refractivity contribution in [2.24, 2.45) is 11.8 Å². The second-order valence-electron chi connectivity index (χ2n) is 9.21. The smallest absolute Gasteiger partial charge is 0.297 e. The van der Waals surface area contributed by atoms with Crippen molar-refractivity contribution in [2.45, 2.75) is 53.6 Å². The molecule has 8 nitrogen and oxygen atoms in total. The zero-order valence-electron chi connectivity index (χ0n) is 21.8. The van der Waals surface area contributed by atoms with Crippen LogP contribution < -0.4 is 15.5 Å². The molecule has 2 amide bonds. The number of amides is 2. The molecule has 3 N–H and O–H groups in total. The highest BCUT2D eigenvalue weighted by molar-refractivity contribution is 5.99. The molecular formula is C28H35FN4O4. The average molecular weight is 511 g/mol. The quantitative estimate of drug-likeness (QED) is 0.189. The van der Waals surface area contributed by atoms with Crippen molar-refractivity contribution in [3.63, 3.8) is 0 Å². The molecule has 3 aromatic rings. The highest BCUT2D eigenvalue weighted by Gasteiger charge is 2.28. The summed E-state index contributed by atoms with van der Waals surface area (Å²) in [5.41, 5.74) is 5.10. The van der Waals surface area contributed by atoms with E-state index < -0.39 is 17.7 Å². The predicted octanol–water partition coefficient (Wildman–Crippen LogP) is 4.48.